The van der Waals surface area contributed by atoms with E-state index in [1.165, 1.54) is 29.9 Å². The molecule has 0 radical (unpaired) electrons. The molecule has 0 saturated heterocycles. The van der Waals surface area contributed by atoms with Gasteiger partial charge in [-0.1, -0.05) is 53.8 Å². The first-order chi connectivity index (χ1) is 18.8. The number of thiazole rings is 1. The average Bonchev–Trinajstić information content (AvgIpc) is 3.22. The van der Waals surface area contributed by atoms with Crippen molar-refractivity contribution in [3.63, 3.8) is 0 Å². The highest BCUT2D eigenvalue weighted by Gasteiger charge is 2.33. The number of carbonyl (C=O) groups is 2. The molecule has 1 atom stereocenters. The highest BCUT2D eigenvalue weighted by Crippen LogP contribution is 2.31. The predicted octanol–water partition coefficient (Wildman–Crippen LogP) is 4.13. The minimum absolute atomic E-state index is 0.259. The molecule has 5 rings (SSSR count). The van der Waals surface area contributed by atoms with Gasteiger partial charge in [-0.15, -0.1) is 0 Å². The molecule has 0 amide bonds. The van der Waals surface area contributed by atoms with Gasteiger partial charge in [0.2, 0.25) is 0 Å². The number of aromatic nitrogens is 1. The first kappa shape index (κ1) is 25.9. The Bertz CT molecular complexity index is 1770. The van der Waals surface area contributed by atoms with Gasteiger partial charge in [0.1, 0.15) is 17.2 Å². The number of methoxy groups -OCH3 is 1. The van der Waals surface area contributed by atoms with Gasteiger partial charge in [0.15, 0.2) is 4.80 Å². The van der Waals surface area contributed by atoms with Gasteiger partial charge < -0.3 is 14.2 Å². The highest BCUT2D eigenvalue weighted by molar-refractivity contribution is 7.07. The number of ether oxygens (including phenoxy) is 3. The Hall–Kier alpha value is -4.76. The molecule has 0 saturated carbocycles. The Morgan fingerprint density at radius 1 is 0.949 bits per heavy atom. The van der Waals surface area contributed by atoms with E-state index >= 15 is 0 Å². The van der Waals surface area contributed by atoms with Crippen LogP contribution in [0.25, 0.3) is 6.08 Å². The van der Waals surface area contributed by atoms with Crippen molar-refractivity contribution in [3.05, 3.63) is 121 Å². The molecule has 3 aromatic carbocycles. The molecule has 9 heteroatoms. The molecule has 0 N–H and O–H groups in total. The van der Waals surface area contributed by atoms with E-state index in [1.807, 2.05) is 54.6 Å². The lowest BCUT2D eigenvalue weighted by Gasteiger charge is -2.24. The molecule has 0 bridgehead atoms. The van der Waals surface area contributed by atoms with E-state index in [1.54, 1.807) is 37.3 Å². The number of hydrogen-bond acceptors (Lipinski definition) is 8. The van der Waals surface area contributed by atoms with Gasteiger partial charge in [0.05, 0.1) is 29.0 Å². The summed E-state index contributed by atoms with van der Waals surface area (Å²) in [6.07, 6.45) is 1.78. The second-order valence-electron chi connectivity index (χ2n) is 8.72. The minimum Gasteiger partial charge on any atom is -0.466 e. The first-order valence-corrected chi connectivity index (χ1v) is 12.9. The van der Waals surface area contributed by atoms with Gasteiger partial charge in [0.25, 0.3) is 5.56 Å². The number of benzene rings is 3. The van der Waals surface area contributed by atoms with Crippen molar-refractivity contribution in [2.75, 3.05) is 7.11 Å². The van der Waals surface area contributed by atoms with Crippen LogP contribution in [0.1, 0.15) is 31.0 Å². The lowest BCUT2D eigenvalue weighted by Crippen LogP contribution is -2.39. The van der Waals surface area contributed by atoms with Crippen LogP contribution < -0.4 is 24.4 Å². The number of rotatable bonds is 6. The molecule has 0 aliphatic carbocycles. The summed E-state index contributed by atoms with van der Waals surface area (Å²) in [5.74, 6) is 0.679. The normalized spacial score (nSPS) is 14.8. The van der Waals surface area contributed by atoms with Crippen LogP contribution in [0.4, 0.5) is 0 Å². The van der Waals surface area contributed by atoms with Gasteiger partial charge in [-0.3, -0.25) is 14.2 Å². The lowest BCUT2D eigenvalue weighted by molar-refractivity contribution is -0.136. The lowest BCUT2D eigenvalue weighted by atomic mass is 9.96. The van der Waals surface area contributed by atoms with E-state index < -0.39 is 18.0 Å². The van der Waals surface area contributed by atoms with Gasteiger partial charge in [-0.05, 0) is 60.5 Å². The van der Waals surface area contributed by atoms with Crippen LogP contribution >= 0.6 is 11.3 Å². The maximum absolute atomic E-state index is 13.8. The van der Waals surface area contributed by atoms with Crippen LogP contribution in [-0.4, -0.2) is 23.6 Å². The van der Waals surface area contributed by atoms with Gasteiger partial charge in [-0.25, -0.2) is 9.79 Å². The number of carbonyl (C=O) groups excluding carboxylic acids is 2. The SMILES string of the molecule is COC(=O)C1=C(C)N=c2s/c(=C\c3cccc(Oc4ccccc4)c3)c(=O)n2[C@H]1c1ccc(OC(C)=O)cc1. The largest absolute Gasteiger partial charge is 0.466 e. The Morgan fingerprint density at radius 3 is 2.36 bits per heavy atom. The first-order valence-electron chi connectivity index (χ1n) is 12.1. The van der Waals surface area contributed by atoms with Crippen molar-refractivity contribution < 1.29 is 23.8 Å². The summed E-state index contributed by atoms with van der Waals surface area (Å²) in [6, 6.07) is 22.8. The standard InChI is InChI=1S/C30H24N2O6S/c1-18-26(29(35)36-3)27(21-12-14-23(15-13-21)37-19(2)33)32-28(34)25(39-30(32)31-18)17-20-8-7-11-24(16-20)38-22-9-5-4-6-10-22/h4-17,27H,1-3H3/b25-17-/t27-/m0/s1. The fourth-order valence-electron chi connectivity index (χ4n) is 4.34. The van der Waals surface area contributed by atoms with Crippen LogP contribution in [0.2, 0.25) is 0 Å². The molecule has 4 aromatic rings. The van der Waals surface area contributed by atoms with E-state index in [9.17, 15) is 14.4 Å². The molecule has 39 heavy (non-hydrogen) atoms. The van der Waals surface area contributed by atoms with Crippen LogP contribution in [0.15, 0.2) is 99.9 Å². The Balaban J connectivity index is 1.59. The minimum atomic E-state index is -0.769. The number of nitrogens with zero attached hydrogens (tertiary/aromatic N) is 2. The van der Waals surface area contributed by atoms with Crippen LogP contribution in [0.3, 0.4) is 0 Å². The molecular formula is C30H24N2O6S. The van der Waals surface area contributed by atoms with E-state index in [0.717, 1.165) is 5.56 Å². The quantitative estimate of drug-likeness (QED) is 0.270. The number of fused-ring (bicyclic) bond motifs is 1. The van der Waals surface area contributed by atoms with Crippen LogP contribution in [0, 0.1) is 0 Å². The molecule has 1 aromatic heterocycles. The smallest absolute Gasteiger partial charge is 0.338 e. The topological polar surface area (TPSA) is 96.2 Å². The summed E-state index contributed by atoms with van der Waals surface area (Å²) < 4.78 is 18.1. The molecule has 0 fully saturated rings. The average molecular weight is 541 g/mol. The summed E-state index contributed by atoms with van der Waals surface area (Å²) in [6.45, 7) is 3.03. The van der Waals surface area contributed by atoms with Crippen LogP contribution in [-0.2, 0) is 14.3 Å². The van der Waals surface area contributed by atoms with Crippen molar-refractivity contribution in [2.45, 2.75) is 19.9 Å². The van der Waals surface area contributed by atoms with Gasteiger partial charge in [-0.2, -0.15) is 0 Å². The van der Waals surface area contributed by atoms with Crippen LogP contribution in [0.5, 0.6) is 17.2 Å². The molecule has 0 spiro atoms. The second kappa shape index (κ2) is 10.9. The number of allylic oxidation sites excluding steroid dienone is 1. The van der Waals surface area contributed by atoms with Crippen molar-refractivity contribution in [1.29, 1.82) is 0 Å². The summed E-state index contributed by atoms with van der Waals surface area (Å²) in [5, 5.41) is 0. The molecule has 2 heterocycles. The number of para-hydroxylation sites is 1. The van der Waals surface area contributed by atoms with Gasteiger partial charge >= 0.3 is 11.9 Å². The van der Waals surface area contributed by atoms with Crippen molar-refractivity contribution in [3.8, 4) is 17.2 Å². The summed E-state index contributed by atoms with van der Waals surface area (Å²) in [5.41, 5.74) is 1.85. The summed E-state index contributed by atoms with van der Waals surface area (Å²) in [4.78, 5) is 43.0. The summed E-state index contributed by atoms with van der Waals surface area (Å²) >= 11 is 1.23. The van der Waals surface area contributed by atoms with Crippen molar-refractivity contribution in [2.24, 2.45) is 4.99 Å². The Morgan fingerprint density at radius 2 is 1.67 bits per heavy atom. The molecule has 1 aliphatic heterocycles. The van der Waals surface area contributed by atoms with E-state index in [-0.39, 0.29) is 11.1 Å². The third-order valence-corrected chi connectivity index (χ3v) is 7.00. The van der Waals surface area contributed by atoms with E-state index in [0.29, 0.717) is 37.8 Å². The zero-order valence-corrected chi connectivity index (χ0v) is 22.2. The molecule has 8 nitrogen and oxygen atoms in total. The van der Waals surface area contributed by atoms with Crippen molar-refractivity contribution in [1.82, 2.24) is 4.57 Å². The predicted molar refractivity (Wildman–Crippen MR) is 146 cm³/mol. The number of hydrogen-bond donors (Lipinski definition) is 0. The maximum atomic E-state index is 13.8. The molecular weight excluding hydrogens is 516 g/mol. The Kier molecular flexibility index (Phi) is 7.25. The fourth-order valence-corrected chi connectivity index (χ4v) is 5.38. The Labute approximate surface area is 227 Å². The molecule has 196 valence electrons. The van der Waals surface area contributed by atoms with Crippen molar-refractivity contribution >= 4 is 29.4 Å². The molecule has 0 unspecified atom stereocenters. The van der Waals surface area contributed by atoms with E-state index in [2.05, 4.69) is 4.99 Å². The zero-order chi connectivity index (χ0) is 27.5. The zero-order valence-electron chi connectivity index (χ0n) is 21.4. The fraction of sp³-hybridized carbons (Fsp3) is 0.133. The third kappa shape index (κ3) is 5.44. The molecule has 1 aliphatic rings. The monoisotopic (exact) mass is 540 g/mol. The third-order valence-electron chi connectivity index (χ3n) is 6.02. The second-order valence-corrected chi connectivity index (χ2v) is 9.73. The highest BCUT2D eigenvalue weighted by atomic mass is 32.1. The van der Waals surface area contributed by atoms with E-state index in [4.69, 9.17) is 14.2 Å². The van der Waals surface area contributed by atoms with Gasteiger partial charge in [0, 0.05) is 6.92 Å². The number of esters is 2. The maximum Gasteiger partial charge on any atom is 0.338 e. The summed E-state index contributed by atoms with van der Waals surface area (Å²) in [7, 11) is 1.29.